The molecule has 0 aliphatic rings. The Bertz CT molecular complexity index is 427. The molecule has 0 aromatic carbocycles. The fourth-order valence-electron chi connectivity index (χ4n) is 1.33. The summed E-state index contributed by atoms with van der Waals surface area (Å²) in [6.45, 7) is 10.1. The van der Waals surface area contributed by atoms with Crippen LogP contribution in [0.25, 0.3) is 0 Å². The van der Waals surface area contributed by atoms with Crippen LogP contribution >= 0.6 is 11.6 Å². The van der Waals surface area contributed by atoms with Gasteiger partial charge in [0.15, 0.2) is 0 Å². The van der Waals surface area contributed by atoms with Gasteiger partial charge in [0.25, 0.3) is 0 Å². The number of hydrogen-bond donors (Lipinski definition) is 1. The van der Waals surface area contributed by atoms with Crippen LogP contribution < -0.4 is 4.90 Å². The van der Waals surface area contributed by atoms with Gasteiger partial charge in [-0.15, -0.1) is 0 Å². The fourth-order valence-corrected chi connectivity index (χ4v) is 1.51. The van der Waals surface area contributed by atoms with E-state index in [9.17, 15) is 5.11 Å². The molecule has 0 bridgehead atoms. The lowest BCUT2D eigenvalue weighted by Crippen LogP contribution is -2.45. The SMILES string of the molecule is CN(c1cc(Cl)nc(C(C)(C)C)n1)C(C)(C)CO. The van der Waals surface area contributed by atoms with Crippen molar-refractivity contribution in [2.24, 2.45) is 0 Å². The molecule has 0 unspecified atom stereocenters. The van der Waals surface area contributed by atoms with Crippen LogP contribution in [0.5, 0.6) is 0 Å². The molecule has 1 heterocycles. The van der Waals surface area contributed by atoms with Crippen LogP contribution in [0.1, 0.15) is 40.4 Å². The van der Waals surface area contributed by atoms with E-state index in [0.29, 0.717) is 11.0 Å². The predicted octanol–water partition coefficient (Wildman–Crippen LogP) is 2.63. The second-order valence-electron chi connectivity index (χ2n) is 6.15. The molecule has 0 amide bonds. The van der Waals surface area contributed by atoms with E-state index in [1.165, 1.54) is 0 Å². The quantitative estimate of drug-likeness (QED) is 0.859. The maximum Gasteiger partial charge on any atom is 0.137 e. The number of likely N-dealkylation sites (N-methyl/N-ethyl adjacent to an activating group) is 1. The molecule has 0 saturated heterocycles. The summed E-state index contributed by atoms with van der Waals surface area (Å²) < 4.78 is 0. The summed E-state index contributed by atoms with van der Waals surface area (Å²) in [5.41, 5.74) is -0.559. The zero-order chi connectivity index (χ0) is 14.1. The lowest BCUT2D eigenvalue weighted by molar-refractivity contribution is 0.215. The second-order valence-corrected chi connectivity index (χ2v) is 6.54. The third kappa shape index (κ3) is 3.33. The van der Waals surface area contributed by atoms with Crippen LogP contribution in [-0.4, -0.2) is 34.3 Å². The number of aliphatic hydroxyl groups is 1. The maximum atomic E-state index is 9.41. The van der Waals surface area contributed by atoms with Gasteiger partial charge in [-0.25, -0.2) is 9.97 Å². The number of nitrogens with zero attached hydrogens (tertiary/aromatic N) is 3. The van der Waals surface area contributed by atoms with Crippen molar-refractivity contribution in [1.29, 1.82) is 0 Å². The lowest BCUT2D eigenvalue weighted by atomic mass is 9.95. The molecule has 1 aromatic heterocycles. The molecule has 5 heteroatoms. The summed E-state index contributed by atoms with van der Waals surface area (Å²) >= 11 is 6.05. The van der Waals surface area contributed by atoms with Crippen LogP contribution in [0, 0.1) is 0 Å². The van der Waals surface area contributed by atoms with E-state index in [-0.39, 0.29) is 12.0 Å². The molecule has 0 saturated carbocycles. The van der Waals surface area contributed by atoms with Crippen molar-refractivity contribution in [2.45, 2.75) is 45.6 Å². The van der Waals surface area contributed by atoms with E-state index in [1.807, 2.05) is 46.6 Å². The molecule has 0 spiro atoms. The topological polar surface area (TPSA) is 49.2 Å². The highest BCUT2D eigenvalue weighted by Crippen LogP contribution is 2.26. The van der Waals surface area contributed by atoms with E-state index >= 15 is 0 Å². The molecule has 1 rings (SSSR count). The second kappa shape index (κ2) is 5.02. The number of rotatable bonds is 3. The number of aliphatic hydroxyl groups excluding tert-OH is 1. The molecule has 0 radical (unpaired) electrons. The first-order valence-electron chi connectivity index (χ1n) is 5.97. The first-order chi connectivity index (χ1) is 8.08. The van der Waals surface area contributed by atoms with E-state index in [1.54, 1.807) is 6.07 Å². The van der Waals surface area contributed by atoms with Crippen LogP contribution in [0.2, 0.25) is 5.15 Å². The molecule has 0 fully saturated rings. The highest BCUT2D eigenvalue weighted by molar-refractivity contribution is 6.29. The smallest absolute Gasteiger partial charge is 0.137 e. The summed E-state index contributed by atoms with van der Waals surface area (Å²) in [6.07, 6.45) is 0. The highest BCUT2D eigenvalue weighted by Gasteiger charge is 2.26. The minimum Gasteiger partial charge on any atom is -0.394 e. The van der Waals surface area contributed by atoms with E-state index in [0.717, 1.165) is 5.82 Å². The standard InChI is InChI=1S/C13H22ClN3O/c1-12(2,3)11-15-9(14)7-10(16-11)17(6)13(4,5)8-18/h7,18H,8H2,1-6H3. The Morgan fingerprint density at radius 1 is 1.22 bits per heavy atom. The Kier molecular flexibility index (Phi) is 4.23. The van der Waals surface area contributed by atoms with Gasteiger partial charge in [-0.05, 0) is 13.8 Å². The van der Waals surface area contributed by atoms with Gasteiger partial charge in [0.05, 0.1) is 12.1 Å². The molecule has 0 aliphatic heterocycles. The fraction of sp³-hybridized carbons (Fsp3) is 0.692. The molecule has 4 nitrogen and oxygen atoms in total. The van der Waals surface area contributed by atoms with E-state index < -0.39 is 5.54 Å². The van der Waals surface area contributed by atoms with Crippen molar-refractivity contribution in [1.82, 2.24) is 9.97 Å². The van der Waals surface area contributed by atoms with Crippen LogP contribution in [-0.2, 0) is 5.41 Å². The molecule has 18 heavy (non-hydrogen) atoms. The summed E-state index contributed by atoms with van der Waals surface area (Å²) in [5.74, 6) is 1.42. The molecule has 0 atom stereocenters. The van der Waals surface area contributed by atoms with Crippen molar-refractivity contribution < 1.29 is 5.11 Å². The van der Waals surface area contributed by atoms with Crippen LogP contribution in [0.4, 0.5) is 5.82 Å². The average molecular weight is 272 g/mol. The van der Waals surface area contributed by atoms with Gasteiger partial charge in [0.1, 0.15) is 16.8 Å². The molecule has 102 valence electrons. The van der Waals surface area contributed by atoms with Gasteiger partial charge in [-0.1, -0.05) is 32.4 Å². The van der Waals surface area contributed by atoms with E-state index in [4.69, 9.17) is 11.6 Å². The zero-order valence-corrected chi connectivity index (χ0v) is 12.7. The summed E-state index contributed by atoms with van der Waals surface area (Å²) in [5, 5.41) is 9.83. The van der Waals surface area contributed by atoms with Crippen LogP contribution in [0.15, 0.2) is 6.07 Å². The van der Waals surface area contributed by atoms with Crippen molar-refractivity contribution in [3.63, 3.8) is 0 Å². The average Bonchev–Trinajstić information content (AvgIpc) is 2.26. The molecular formula is C13H22ClN3O. The minimum absolute atomic E-state index is 0.0377. The van der Waals surface area contributed by atoms with Crippen LogP contribution in [0.3, 0.4) is 0 Å². The molecule has 1 aromatic rings. The van der Waals surface area contributed by atoms with Crippen molar-refractivity contribution in [2.75, 3.05) is 18.6 Å². The predicted molar refractivity (Wildman–Crippen MR) is 75.3 cm³/mol. The highest BCUT2D eigenvalue weighted by atomic mass is 35.5. The number of anilines is 1. The van der Waals surface area contributed by atoms with Crippen molar-refractivity contribution >= 4 is 17.4 Å². The number of aromatic nitrogens is 2. The first kappa shape index (κ1) is 15.2. The molecule has 0 aliphatic carbocycles. The summed E-state index contributed by atoms with van der Waals surface area (Å²) in [6, 6.07) is 1.72. The first-order valence-corrected chi connectivity index (χ1v) is 6.35. The Morgan fingerprint density at radius 2 is 1.78 bits per heavy atom. The van der Waals surface area contributed by atoms with Gasteiger partial charge in [-0.3, -0.25) is 0 Å². The third-order valence-corrected chi connectivity index (χ3v) is 3.18. The zero-order valence-electron chi connectivity index (χ0n) is 12.0. The summed E-state index contributed by atoms with van der Waals surface area (Å²) in [4.78, 5) is 10.7. The van der Waals surface area contributed by atoms with Gasteiger partial charge >= 0.3 is 0 Å². The molecular weight excluding hydrogens is 250 g/mol. The third-order valence-electron chi connectivity index (χ3n) is 2.99. The number of halogens is 1. The Hall–Kier alpha value is -0.870. The lowest BCUT2D eigenvalue weighted by Gasteiger charge is -2.35. The Morgan fingerprint density at radius 3 is 2.22 bits per heavy atom. The number of hydrogen-bond acceptors (Lipinski definition) is 4. The van der Waals surface area contributed by atoms with Gasteiger partial charge < -0.3 is 10.0 Å². The normalized spacial score (nSPS) is 12.7. The van der Waals surface area contributed by atoms with Gasteiger partial charge in [-0.2, -0.15) is 0 Å². The minimum atomic E-state index is -0.396. The van der Waals surface area contributed by atoms with Gasteiger partial charge in [0, 0.05) is 18.5 Å². The Labute approximate surface area is 114 Å². The van der Waals surface area contributed by atoms with Crippen molar-refractivity contribution in [3.05, 3.63) is 17.0 Å². The molecule has 1 N–H and O–H groups in total. The van der Waals surface area contributed by atoms with E-state index in [2.05, 4.69) is 9.97 Å². The van der Waals surface area contributed by atoms with Gasteiger partial charge in [0.2, 0.25) is 0 Å². The van der Waals surface area contributed by atoms with Crippen molar-refractivity contribution in [3.8, 4) is 0 Å². The summed E-state index contributed by atoms with van der Waals surface area (Å²) in [7, 11) is 1.89. The maximum absolute atomic E-state index is 9.41. The Balaban J connectivity index is 3.23. The monoisotopic (exact) mass is 271 g/mol. The largest absolute Gasteiger partial charge is 0.394 e.